The minimum absolute atomic E-state index is 0.378. The highest BCUT2D eigenvalue weighted by Gasteiger charge is 2.11. The van der Waals surface area contributed by atoms with Crippen LogP contribution in [0.3, 0.4) is 0 Å². The van der Waals surface area contributed by atoms with Crippen LogP contribution < -0.4 is 0 Å². The van der Waals surface area contributed by atoms with Gasteiger partial charge in [-0.05, 0) is 23.6 Å². The summed E-state index contributed by atoms with van der Waals surface area (Å²) in [6.45, 7) is 6.43. The molecule has 1 rings (SSSR count). The van der Waals surface area contributed by atoms with Gasteiger partial charge in [0, 0.05) is 17.4 Å². The van der Waals surface area contributed by atoms with E-state index in [9.17, 15) is 0 Å². The van der Waals surface area contributed by atoms with Crippen molar-refractivity contribution in [1.82, 2.24) is 0 Å². The van der Waals surface area contributed by atoms with Crippen molar-refractivity contribution in [3.8, 4) is 11.8 Å². The van der Waals surface area contributed by atoms with Crippen LogP contribution in [0.4, 0.5) is 0 Å². The lowest BCUT2D eigenvalue weighted by atomic mass is 9.89. The van der Waals surface area contributed by atoms with Crippen LogP contribution in [-0.4, -0.2) is 0 Å². The summed E-state index contributed by atoms with van der Waals surface area (Å²) in [5.74, 6) is 7.20. The minimum atomic E-state index is 0.378. The van der Waals surface area contributed by atoms with E-state index in [0.717, 1.165) is 11.4 Å². The van der Waals surface area contributed by atoms with Crippen LogP contribution in [-0.2, 0) is 0 Å². The first-order valence-electron chi connectivity index (χ1n) is 5.39. The second-order valence-corrected chi connectivity index (χ2v) is 4.24. The molecule has 0 nitrogen and oxygen atoms in total. The van der Waals surface area contributed by atoms with Crippen LogP contribution in [0.15, 0.2) is 24.3 Å². The van der Waals surface area contributed by atoms with Crippen LogP contribution in [0.1, 0.15) is 38.7 Å². The lowest BCUT2D eigenvalue weighted by Crippen LogP contribution is -2.03. The van der Waals surface area contributed by atoms with E-state index in [2.05, 4.69) is 38.7 Å². The van der Waals surface area contributed by atoms with E-state index in [1.807, 2.05) is 18.2 Å². The zero-order chi connectivity index (χ0) is 11.3. The maximum atomic E-state index is 5.96. The molecule has 0 N–H and O–H groups in total. The van der Waals surface area contributed by atoms with E-state index in [4.69, 9.17) is 11.6 Å². The molecule has 0 aromatic heterocycles. The van der Waals surface area contributed by atoms with E-state index in [1.54, 1.807) is 0 Å². The first kappa shape index (κ1) is 12.1. The van der Waals surface area contributed by atoms with E-state index in [-0.39, 0.29) is 0 Å². The molecule has 0 aliphatic carbocycles. The van der Waals surface area contributed by atoms with Gasteiger partial charge in [-0.25, -0.2) is 0 Å². The lowest BCUT2D eigenvalue weighted by molar-refractivity contribution is 0.609. The van der Waals surface area contributed by atoms with Crippen LogP contribution in [0.25, 0.3) is 0 Å². The number of hydrogen-bond acceptors (Lipinski definition) is 0. The Morgan fingerprint density at radius 3 is 2.67 bits per heavy atom. The molecule has 1 aromatic rings. The second kappa shape index (κ2) is 5.83. The monoisotopic (exact) mass is 220 g/mol. The van der Waals surface area contributed by atoms with E-state index >= 15 is 0 Å². The van der Waals surface area contributed by atoms with Gasteiger partial charge < -0.3 is 0 Å². The summed E-state index contributed by atoms with van der Waals surface area (Å²) in [5.41, 5.74) is 1.26. The molecule has 1 aromatic carbocycles. The van der Waals surface area contributed by atoms with Gasteiger partial charge >= 0.3 is 0 Å². The molecule has 0 spiro atoms. The third-order valence-electron chi connectivity index (χ3n) is 2.63. The molecule has 15 heavy (non-hydrogen) atoms. The average molecular weight is 221 g/mol. The average Bonchev–Trinajstić information content (AvgIpc) is 2.24. The Morgan fingerprint density at radius 2 is 2.07 bits per heavy atom. The smallest absolute Gasteiger partial charge is 0.0408 e. The molecule has 0 saturated heterocycles. The normalized spacial score (nSPS) is 13.9. The molecule has 0 heterocycles. The summed E-state index contributed by atoms with van der Waals surface area (Å²) >= 11 is 5.96. The van der Waals surface area contributed by atoms with E-state index in [0.29, 0.717) is 11.8 Å². The van der Waals surface area contributed by atoms with Crippen molar-refractivity contribution >= 4 is 11.6 Å². The van der Waals surface area contributed by atoms with Crippen molar-refractivity contribution in [3.05, 3.63) is 34.9 Å². The molecule has 2 unspecified atom stereocenters. The van der Waals surface area contributed by atoms with Crippen molar-refractivity contribution in [3.63, 3.8) is 0 Å². The Kier molecular flexibility index (Phi) is 4.72. The summed E-state index contributed by atoms with van der Waals surface area (Å²) in [5, 5.41) is 0.801. The fourth-order valence-corrected chi connectivity index (χ4v) is 1.67. The van der Waals surface area contributed by atoms with Gasteiger partial charge in [0.25, 0.3) is 0 Å². The summed E-state index contributed by atoms with van der Waals surface area (Å²) in [6.07, 6.45) is 0.923. The van der Waals surface area contributed by atoms with Gasteiger partial charge in [-0.15, -0.1) is 5.92 Å². The zero-order valence-corrected chi connectivity index (χ0v) is 10.3. The molecule has 0 aliphatic heterocycles. The lowest BCUT2D eigenvalue weighted by Gasteiger charge is -2.15. The Balaban J connectivity index is 2.80. The van der Waals surface area contributed by atoms with Crippen molar-refractivity contribution < 1.29 is 0 Å². The van der Waals surface area contributed by atoms with Gasteiger partial charge in [0.2, 0.25) is 0 Å². The van der Waals surface area contributed by atoms with Crippen molar-refractivity contribution in [2.75, 3.05) is 0 Å². The highest BCUT2D eigenvalue weighted by molar-refractivity contribution is 6.30. The Morgan fingerprint density at radius 1 is 1.33 bits per heavy atom. The Labute approximate surface area is 97.7 Å². The number of halogens is 1. The van der Waals surface area contributed by atoms with Gasteiger partial charge in [0.15, 0.2) is 0 Å². The molecule has 0 aliphatic rings. The molecule has 1 heteroatoms. The quantitative estimate of drug-likeness (QED) is 0.645. The topological polar surface area (TPSA) is 0 Å². The zero-order valence-electron chi connectivity index (χ0n) is 9.55. The molecule has 0 radical (unpaired) electrons. The second-order valence-electron chi connectivity index (χ2n) is 3.81. The van der Waals surface area contributed by atoms with Gasteiger partial charge in [-0.3, -0.25) is 0 Å². The largest absolute Gasteiger partial charge is 0.103 e. The summed E-state index contributed by atoms with van der Waals surface area (Å²) in [7, 11) is 0. The molecule has 0 bridgehead atoms. The Bertz CT molecular complexity index is 370. The maximum Gasteiger partial charge on any atom is 0.0408 e. The fraction of sp³-hybridized carbons (Fsp3) is 0.429. The van der Waals surface area contributed by atoms with Gasteiger partial charge in [-0.1, -0.05) is 50.4 Å². The van der Waals surface area contributed by atoms with Crippen LogP contribution in [0.2, 0.25) is 5.02 Å². The van der Waals surface area contributed by atoms with Crippen molar-refractivity contribution in [2.24, 2.45) is 5.92 Å². The minimum Gasteiger partial charge on any atom is -0.103 e. The van der Waals surface area contributed by atoms with Crippen molar-refractivity contribution in [1.29, 1.82) is 0 Å². The van der Waals surface area contributed by atoms with Gasteiger partial charge in [0.1, 0.15) is 0 Å². The first-order valence-corrected chi connectivity index (χ1v) is 5.76. The number of hydrogen-bond donors (Lipinski definition) is 0. The maximum absolute atomic E-state index is 5.96. The van der Waals surface area contributed by atoms with Gasteiger partial charge in [-0.2, -0.15) is 0 Å². The standard InChI is InChI=1S/C14H17Cl/c1-4-5-7-11(2)12(3)13-8-6-9-14(15)10-13/h6,8-12H,4H2,1-3H3. The highest BCUT2D eigenvalue weighted by atomic mass is 35.5. The highest BCUT2D eigenvalue weighted by Crippen LogP contribution is 2.25. The van der Waals surface area contributed by atoms with E-state index in [1.165, 1.54) is 5.56 Å². The number of benzene rings is 1. The fourth-order valence-electron chi connectivity index (χ4n) is 1.47. The third-order valence-corrected chi connectivity index (χ3v) is 2.87. The van der Waals surface area contributed by atoms with Crippen molar-refractivity contribution in [2.45, 2.75) is 33.1 Å². The molecule has 2 atom stereocenters. The number of rotatable bonds is 2. The molecule has 0 amide bonds. The molecular weight excluding hydrogens is 204 g/mol. The summed E-state index contributed by atoms with van der Waals surface area (Å²) < 4.78 is 0. The predicted molar refractivity (Wildman–Crippen MR) is 67.1 cm³/mol. The first-order chi connectivity index (χ1) is 7.15. The van der Waals surface area contributed by atoms with E-state index < -0.39 is 0 Å². The molecular formula is C14H17Cl. The SMILES string of the molecule is CCC#CC(C)C(C)c1cccc(Cl)c1. The molecule has 0 saturated carbocycles. The van der Waals surface area contributed by atoms with Gasteiger partial charge in [0.05, 0.1) is 0 Å². The summed E-state index contributed by atoms with van der Waals surface area (Å²) in [6, 6.07) is 8.03. The Hall–Kier alpha value is -0.930. The van der Waals surface area contributed by atoms with Crippen LogP contribution >= 0.6 is 11.6 Å². The summed E-state index contributed by atoms with van der Waals surface area (Å²) in [4.78, 5) is 0. The third kappa shape index (κ3) is 3.61. The molecule has 80 valence electrons. The molecule has 0 fully saturated rings. The van der Waals surface area contributed by atoms with Crippen LogP contribution in [0.5, 0.6) is 0 Å². The predicted octanol–water partition coefficient (Wildman–Crippen LogP) is 4.49. The van der Waals surface area contributed by atoms with Crippen LogP contribution in [0, 0.1) is 17.8 Å².